The number of methoxy groups -OCH3 is 1. The van der Waals surface area contributed by atoms with Crippen LogP contribution in [0.3, 0.4) is 0 Å². The van der Waals surface area contributed by atoms with Gasteiger partial charge in [0.25, 0.3) is 0 Å². The van der Waals surface area contributed by atoms with Gasteiger partial charge in [0.2, 0.25) is 0 Å². The maximum absolute atomic E-state index is 5.25. The summed E-state index contributed by atoms with van der Waals surface area (Å²) < 4.78 is 5.25. The van der Waals surface area contributed by atoms with Crippen LogP contribution in [0.25, 0.3) is 5.57 Å². The summed E-state index contributed by atoms with van der Waals surface area (Å²) in [5, 5.41) is 3.49. The summed E-state index contributed by atoms with van der Waals surface area (Å²) in [5.41, 5.74) is 2.66. The van der Waals surface area contributed by atoms with Crippen molar-refractivity contribution in [3.63, 3.8) is 0 Å². The van der Waals surface area contributed by atoms with Crippen LogP contribution in [0.1, 0.15) is 24.8 Å². The molecule has 0 aromatic carbocycles. The van der Waals surface area contributed by atoms with Gasteiger partial charge >= 0.3 is 0 Å². The van der Waals surface area contributed by atoms with Gasteiger partial charge in [-0.05, 0) is 54.8 Å². The molecule has 1 N–H and O–H groups in total. The number of rotatable bonds is 2. The van der Waals surface area contributed by atoms with Crippen molar-refractivity contribution in [3.8, 4) is 5.75 Å². The first-order valence-corrected chi connectivity index (χ1v) is 6.77. The Morgan fingerprint density at radius 1 is 1.33 bits per heavy atom. The fourth-order valence-electron chi connectivity index (χ4n) is 3.12. The Balaban J connectivity index is 1.85. The highest BCUT2D eigenvalue weighted by molar-refractivity contribution is 5.67. The minimum absolute atomic E-state index is 0.703. The molecule has 1 aliphatic heterocycles. The van der Waals surface area contributed by atoms with Crippen molar-refractivity contribution >= 4 is 5.57 Å². The van der Waals surface area contributed by atoms with Crippen molar-refractivity contribution in [2.24, 2.45) is 11.8 Å². The molecular formula is C15H20N2O. The molecule has 0 bridgehead atoms. The van der Waals surface area contributed by atoms with Crippen LogP contribution < -0.4 is 10.1 Å². The summed E-state index contributed by atoms with van der Waals surface area (Å²) in [6.07, 6.45) is 9.98. The summed E-state index contributed by atoms with van der Waals surface area (Å²) in [6, 6.07) is 2.09. The van der Waals surface area contributed by atoms with Crippen LogP contribution in [0.2, 0.25) is 0 Å². The summed E-state index contributed by atoms with van der Waals surface area (Å²) in [5.74, 6) is 2.43. The molecule has 1 aliphatic carbocycles. The fraction of sp³-hybridized carbons (Fsp3) is 0.533. The first-order valence-electron chi connectivity index (χ1n) is 6.77. The number of nitrogens with one attached hydrogen (secondary N) is 1. The van der Waals surface area contributed by atoms with Gasteiger partial charge in [0.05, 0.1) is 13.3 Å². The molecule has 1 fully saturated rings. The lowest BCUT2D eigenvalue weighted by molar-refractivity contribution is 0.279. The van der Waals surface area contributed by atoms with Gasteiger partial charge in [0.15, 0.2) is 0 Å². The molecule has 1 saturated heterocycles. The fourth-order valence-corrected chi connectivity index (χ4v) is 3.12. The molecule has 2 aliphatic rings. The van der Waals surface area contributed by atoms with Gasteiger partial charge < -0.3 is 10.1 Å². The van der Waals surface area contributed by atoms with E-state index in [-0.39, 0.29) is 0 Å². The maximum atomic E-state index is 5.25. The highest BCUT2D eigenvalue weighted by atomic mass is 16.5. The van der Waals surface area contributed by atoms with E-state index in [9.17, 15) is 0 Å². The van der Waals surface area contributed by atoms with E-state index in [4.69, 9.17) is 4.74 Å². The number of fused-ring (bicyclic) bond motifs is 1. The van der Waals surface area contributed by atoms with Crippen molar-refractivity contribution in [3.05, 3.63) is 30.1 Å². The highest BCUT2D eigenvalue weighted by Gasteiger charge is 2.27. The molecule has 3 nitrogen and oxygen atoms in total. The summed E-state index contributed by atoms with van der Waals surface area (Å²) in [7, 11) is 1.69. The third kappa shape index (κ3) is 2.27. The zero-order valence-corrected chi connectivity index (χ0v) is 10.9. The van der Waals surface area contributed by atoms with E-state index in [0.29, 0.717) is 5.92 Å². The molecule has 0 amide bonds. The molecule has 2 atom stereocenters. The minimum atomic E-state index is 0.703. The SMILES string of the molecule is COc1cncc(C2=CC3CNCCC3CC2)c1. The third-order valence-corrected chi connectivity index (χ3v) is 4.20. The van der Waals surface area contributed by atoms with Crippen LogP contribution >= 0.6 is 0 Å². The molecule has 3 heteroatoms. The average molecular weight is 244 g/mol. The van der Waals surface area contributed by atoms with E-state index in [2.05, 4.69) is 22.4 Å². The molecule has 18 heavy (non-hydrogen) atoms. The smallest absolute Gasteiger partial charge is 0.137 e. The van der Waals surface area contributed by atoms with Gasteiger partial charge in [-0.2, -0.15) is 0 Å². The first kappa shape index (κ1) is 11.7. The standard InChI is InChI=1S/C15H20N2O/c1-18-15-7-14(9-17-10-15)12-3-2-11-4-5-16-8-13(11)6-12/h6-7,9-11,13,16H,2-5,8H2,1H3. The number of hydrogen-bond acceptors (Lipinski definition) is 3. The number of ether oxygens (including phenoxy) is 1. The lowest BCUT2D eigenvalue weighted by Gasteiger charge is -2.34. The summed E-state index contributed by atoms with van der Waals surface area (Å²) in [6.45, 7) is 2.32. The van der Waals surface area contributed by atoms with Gasteiger partial charge in [0, 0.05) is 12.7 Å². The van der Waals surface area contributed by atoms with Crippen LogP contribution in [0, 0.1) is 11.8 Å². The van der Waals surface area contributed by atoms with Crippen LogP contribution in [-0.4, -0.2) is 25.2 Å². The third-order valence-electron chi connectivity index (χ3n) is 4.20. The second kappa shape index (κ2) is 5.11. The Kier molecular flexibility index (Phi) is 3.33. The van der Waals surface area contributed by atoms with E-state index in [1.54, 1.807) is 13.3 Å². The molecule has 0 saturated carbocycles. The summed E-state index contributed by atoms with van der Waals surface area (Å²) in [4.78, 5) is 4.25. The van der Waals surface area contributed by atoms with Gasteiger partial charge in [0.1, 0.15) is 5.75 Å². The van der Waals surface area contributed by atoms with E-state index in [1.807, 2.05) is 6.20 Å². The quantitative estimate of drug-likeness (QED) is 0.868. The molecular weight excluding hydrogens is 224 g/mol. The Bertz CT molecular complexity index is 456. The van der Waals surface area contributed by atoms with Crippen LogP contribution in [0.5, 0.6) is 5.75 Å². The van der Waals surface area contributed by atoms with E-state index in [0.717, 1.165) is 18.2 Å². The topological polar surface area (TPSA) is 34.1 Å². The normalized spacial score (nSPS) is 27.3. The molecule has 2 unspecified atom stereocenters. The number of allylic oxidation sites excluding steroid dienone is 1. The Morgan fingerprint density at radius 2 is 2.28 bits per heavy atom. The number of pyridine rings is 1. The van der Waals surface area contributed by atoms with E-state index in [1.165, 1.54) is 36.9 Å². The highest BCUT2D eigenvalue weighted by Crippen LogP contribution is 2.36. The molecule has 1 aromatic rings. The second-order valence-corrected chi connectivity index (χ2v) is 5.26. The Labute approximate surface area is 108 Å². The minimum Gasteiger partial charge on any atom is -0.495 e. The van der Waals surface area contributed by atoms with Crippen molar-refractivity contribution < 1.29 is 4.74 Å². The predicted molar refractivity (Wildman–Crippen MR) is 72.5 cm³/mol. The number of aromatic nitrogens is 1. The molecule has 1 aromatic heterocycles. The van der Waals surface area contributed by atoms with Crippen LogP contribution in [-0.2, 0) is 0 Å². The van der Waals surface area contributed by atoms with Gasteiger partial charge in [-0.1, -0.05) is 6.08 Å². The van der Waals surface area contributed by atoms with Crippen molar-refractivity contribution in [1.82, 2.24) is 10.3 Å². The van der Waals surface area contributed by atoms with E-state index >= 15 is 0 Å². The van der Waals surface area contributed by atoms with Crippen molar-refractivity contribution in [2.45, 2.75) is 19.3 Å². The first-order chi connectivity index (χ1) is 8.86. The maximum Gasteiger partial charge on any atom is 0.137 e. The monoisotopic (exact) mass is 244 g/mol. The predicted octanol–water partition coefficient (Wildman–Crippen LogP) is 2.49. The van der Waals surface area contributed by atoms with Gasteiger partial charge in [-0.25, -0.2) is 0 Å². The largest absolute Gasteiger partial charge is 0.495 e. The lowest BCUT2D eigenvalue weighted by atomic mass is 9.76. The number of hydrogen-bond donors (Lipinski definition) is 1. The van der Waals surface area contributed by atoms with Crippen molar-refractivity contribution in [2.75, 3.05) is 20.2 Å². The van der Waals surface area contributed by atoms with E-state index < -0.39 is 0 Å². The van der Waals surface area contributed by atoms with Gasteiger partial charge in [-0.15, -0.1) is 0 Å². The molecule has 3 rings (SSSR count). The zero-order chi connectivity index (χ0) is 12.4. The second-order valence-electron chi connectivity index (χ2n) is 5.26. The molecule has 2 heterocycles. The van der Waals surface area contributed by atoms with Crippen LogP contribution in [0.15, 0.2) is 24.5 Å². The number of nitrogens with zero attached hydrogens (tertiary/aromatic N) is 1. The average Bonchev–Trinajstić information content (AvgIpc) is 2.47. The molecule has 0 radical (unpaired) electrons. The number of piperidine rings is 1. The Morgan fingerprint density at radius 3 is 3.17 bits per heavy atom. The Hall–Kier alpha value is -1.35. The van der Waals surface area contributed by atoms with Crippen molar-refractivity contribution in [1.29, 1.82) is 0 Å². The lowest BCUT2D eigenvalue weighted by Crippen LogP contribution is -2.37. The molecule has 96 valence electrons. The van der Waals surface area contributed by atoms with Crippen LogP contribution in [0.4, 0.5) is 0 Å². The summed E-state index contributed by atoms with van der Waals surface area (Å²) >= 11 is 0. The zero-order valence-electron chi connectivity index (χ0n) is 10.9. The molecule has 0 spiro atoms. The van der Waals surface area contributed by atoms with Gasteiger partial charge in [-0.3, -0.25) is 4.98 Å².